The lowest BCUT2D eigenvalue weighted by Crippen LogP contribution is -2.32. The largest absolute Gasteiger partial charge is 0.349 e. The van der Waals surface area contributed by atoms with Crippen LogP contribution in [0.4, 0.5) is 0 Å². The summed E-state index contributed by atoms with van der Waals surface area (Å²) in [6.45, 7) is 2.34. The van der Waals surface area contributed by atoms with Gasteiger partial charge in [0, 0.05) is 19.4 Å². The van der Waals surface area contributed by atoms with Crippen LogP contribution in [0.5, 0.6) is 0 Å². The molecule has 2 aromatic rings. The number of aromatic nitrogens is 4. The molecule has 1 amide bonds. The van der Waals surface area contributed by atoms with E-state index < -0.39 is 0 Å². The van der Waals surface area contributed by atoms with Gasteiger partial charge in [0.15, 0.2) is 0 Å². The first-order valence-electron chi connectivity index (χ1n) is 6.06. The van der Waals surface area contributed by atoms with Crippen LogP contribution >= 0.6 is 11.6 Å². The Morgan fingerprint density at radius 2 is 2.37 bits per heavy atom. The van der Waals surface area contributed by atoms with E-state index in [1.807, 2.05) is 26.2 Å². The van der Waals surface area contributed by atoms with Crippen LogP contribution in [0.3, 0.4) is 0 Å². The fraction of sp³-hybridized carbons (Fsp3) is 0.417. The Morgan fingerprint density at radius 1 is 1.58 bits per heavy atom. The predicted octanol–water partition coefficient (Wildman–Crippen LogP) is 1.54. The van der Waals surface area contributed by atoms with Crippen molar-refractivity contribution in [2.24, 2.45) is 7.05 Å². The van der Waals surface area contributed by atoms with Crippen LogP contribution in [0.2, 0.25) is 5.02 Å². The van der Waals surface area contributed by atoms with Crippen LogP contribution in [-0.2, 0) is 18.4 Å². The minimum Gasteiger partial charge on any atom is -0.349 e. The molecule has 7 heteroatoms. The maximum atomic E-state index is 12.1. The molecule has 0 fully saturated rings. The molecule has 0 spiro atoms. The van der Waals surface area contributed by atoms with Gasteiger partial charge in [-0.1, -0.05) is 18.5 Å². The standard InChI is InChI=1S/C12H16ClN5O/c1-3-11(18-8-9(13)6-15-18)12(19)14-7-10-4-5-17(2)16-10/h4-6,8,11H,3,7H2,1-2H3,(H,14,19). The van der Waals surface area contributed by atoms with Crippen LogP contribution in [0.15, 0.2) is 24.7 Å². The zero-order valence-corrected chi connectivity index (χ0v) is 11.6. The Balaban J connectivity index is 1.97. The molecule has 19 heavy (non-hydrogen) atoms. The summed E-state index contributed by atoms with van der Waals surface area (Å²) >= 11 is 5.81. The lowest BCUT2D eigenvalue weighted by Gasteiger charge is -2.14. The second-order valence-electron chi connectivity index (χ2n) is 4.26. The molecule has 0 radical (unpaired) electrons. The van der Waals surface area contributed by atoms with Gasteiger partial charge in [-0.25, -0.2) is 0 Å². The second kappa shape index (κ2) is 5.88. The third kappa shape index (κ3) is 3.35. The number of hydrogen-bond donors (Lipinski definition) is 1. The van der Waals surface area contributed by atoms with E-state index >= 15 is 0 Å². The highest BCUT2D eigenvalue weighted by Crippen LogP contribution is 2.14. The number of aryl methyl sites for hydroxylation is 1. The molecular weight excluding hydrogens is 266 g/mol. The molecule has 1 unspecified atom stereocenters. The zero-order valence-electron chi connectivity index (χ0n) is 10.9. The second-order valence-corrected chi connectivity index (χ2v) is 4.70. The number of carbonyl (C=O) groups excluding carboxylic acids is 1. The molecule has 0 aliphatic heterocycles. The molecule has 0 aliphatic rings. The molecule has 102 valence electrons. The van der Waals surface area contributed by atoms with Gasteiger partial charge in [0.05, 0.1) is 23.5 Å². The molecular formula is C12H16ClN5O. The summed E-state index contributed by atoms with van der Waals surface area (Å²) in [7, 11) is 1.84. The van der Waals surface area contributed by atoms with Crippen LogP contribution in [0.1, 0.15) is 25.1 Å². The molecule has 2 rings (SSSR count). The molecule has 2 aromatic heterocycles. The number of amides is 1. The number of nitrogens with one attached hydrogen (secondary N) is 1. The summed E-state index contributed by atoms with van der Waals surface area (Å²) in [6.07, 6.45) is 5.66. The zero-order chi connectivity index (χ0) is 13.8. The van der Waals surface area contributed by atoms with E-state index in [1.54, 1.807) is 15.6 Å². The van der Waals surface area contributed by atoms with E-state index in [-0.39, 0.29) is 11.9 Å². The normalized spacial score (nSPS) is 12.4. The molecule has 0 saturated heterocycles. The number of rotatable bonds is 5. The van der Waals surface area contributed by atoms with Crippen LogP contribution in [-0.4, -0.2) is 25.5 Å². The Kier molecular flexibility index (Phi) is 4.21. The average molecular weight is 282 g/mol. The Hall–Kier alpha value is -1.82. The summed E-state index contributed by atoms with van der Waals surface area (Å²) in [5.74, 6) is -0.0899. The molecule has 0 saturated carbocycles. The van der Waals surface area contributed by atoms with Gasteiger partial charge in [0.1, 0.15) is 6.04 Å². The first-order chi connectivity index (χ1) is 9.10. The van der Waals surface area contributed by atoms with E-state index in [9.17, 15) is 4.79 Å². The Morgan fingerprint density at radius 3 is 2.89 bits per heavy atom. The molecule has 0 bridgehead atoms. The third-order valence-corrected chi connectivity index (χ3v) is 2.99. The van der Waals surface area contributed by atoms with Gasteiger partial charge in [-0.2, -0.15) is 10.2 Å². The molecule has 1 atom stereocenters. The predicted molar refractivity (Wildman–Crippen MR) is 71.6 cm³/mol. The van der Waals surface area contributed by atoms with Gasteiger partial charge in [-0.3, -0.25) is 14.2 Å². The van der Waals surface area contributed by atoms with Crippen molar-refractivity contribution in [1.29, 1.82) is 0 Å². The summed E-state index contributed by atoms with van der Waals surface area (Å²) in [5.41, 5.74) is 0.823. The highest BCUT2D eigenvalue weighted by Gasteiger charge is 2.19. The maximum absolute atomic E-state index is 12.1. The van der Waals surface area contributed by atoms with Gasteiger partial charge >= 0.3 is 0 Å². The minimum atomic E-state index is -0.351. The quantitative estimate of drug-likeness (QED) is 0.904. The van der Waals surface area contributed by atoms with Gasteiger partial charge in [-0.05, 0) is 12.5 Å². The highest BCUT2D eigenvalue weighted by atomic mass is 35.5. The van der Waals surface area contributed by atoms with Crippen LogP contribution in [0.25, 0.3) is 0 Å². The number of carbonyl (C=O) groups is 1. The monoisotopic (exact) mass is 281 g/mol. The van der Waals surface area contributed by atoms with Crippen molar-refractivity contribution in [3.8, 4) is 0 Å². The Labute approximate surface area is 116 Å². The smallest absolute Gasteiger partial charge is 0.245 e. The molecule has 6 nitrogen and oxygen atoms in total. The lowest BCUT2D eigenvalue weighted by atomic mass is 10.2. The minimum absolute atomic E-state index is 0.0899. The van der Waals surface area contributed by atoms with E-state index in [1.165, 1.54) is 6.20 Å². The first kappa shape index (κ1) is 13.6. The van der Waals surface area contributed by atoms with Gasteiger partial charge in [-0.15, -0.1) is 0 Å². The van der Waals surface area contributed by atoms with Gasteiger partial charge < -0.3 is 5.32 Å². The van der Waals surface area contributed by atoms with Crippen molar-refractivity contribution in [2.75, 3.05) is 0 Å². The van der Waals surface area contributed by atoms with Crippen molar-refractivity contribution >= 4 is 17.5 Å². The maximum Gasteiger partial charge on any atom is 0.245 e. The van der Waals surface area contributed by atoms with Crippen molar-refractivity contribution in [3.63, 3.8) is 0 Å². The summed E-state index contributed by atoms with van der Waals surface area (Å²) < 4.78 is 3.28. The molecule has 1 N–H and O–H groups in total. The van der Waals surface area contributed by atoms with Crippen molar-refractivity contribution in [2.45, 2.75) is 25.9 Å². The summed E-state index contributed by atoms with van der Waals surface area (Å²) in [5, 5.41) is 11.7. The van der Waals surface area contributed by atoms with E-state index in [2.05, 4.69) is 15.5 Å². The van der Waals surface area contributed by atoms with Crippen LogP contribution < -0.4 is 5.32 Å². The van der Waals surface area contributed by atoms with Gasteiger partial charge in [0.25, 0.3) is 0 Å². The summed E-state index contributed by atoms with van der Waals surface area (Å²) in [6, 6.07) is 1.52. The molecule has 2 heterocycles. The summed E-state index contributed by atoms with van der Waals surface area (Å²) in [4.78, 5) is 12.1. The fourth-order valence-electron chi connectivity index (χ4n) is 1.83. The highest BCUT2D eigenvalue weighted by molar-refractivity contribution is 6.30. The number of hydrogen-bond acceptors (Lipinski definition) is 3. The SMILES string of the molecule is CCC(C(=O)NCc1ccn(C)n1)n1cc(Cl)cn1. The van der Waals surface area contributed by atoms with E-state index in [0.717, 1.165) is 5.69 Å². The van der Waals surface area contributed by atoms with Crippen molar-refractivity contribution in [3.05, 3.63) is 35.4 Å². The third-order valence-electron chi connectivity index (χ3n) is 2.79. The topological polar surface area (TPSA) is 64.7 Å². The lowest BCUT2D eigenvalue weighted by molar-refractivity contribution is -0.124. The Bertz CT molecular complexity index is 562. The number of nitrogens with zero attached hydrogens (tertiary/aromatic N) is 4. The van der Waals surface area contributed by atoms with E-state index in [0.29, 0.717) is 18.0 Å². The van der Waals surface area contributed by atoms with Crippen LogP contribution in [0, 0.1) is 0 Å². The molecule has 0 aliphatic carbocycles. The van der Waals surface area contributed by atoms with Gasteiger partial charge in [0.2, 0.25) is 5.91 Å². The van der Waals surface area contributed by atoms with Crippen molar-refractivity contribution < 1.29 is 4.79 Å². The van der Waals surface area contributed by atoms with Crippen molar-refractivity contribution in [1.82, 2.24) is 24.9 Å². The fourth-order valence-corrected chi connectivity index (χ4v) is 1.97. The molecule has 0 aromatic carbocycles. The van der Waals surface area contributed by atoms with E-state index in [4.69, 9.17) is 11.6 Å². The first-order valence-corrected chi connectivity index (χ1v) is 6.44. The average Bonchev–Trinajstić information content (AvgIpc) is 2.97. The number of halogens is 1.